The van der Waals surface area contributed by atoms with E-state index in [-0.39, 0.29) is 12.3 Å². The zero-order valence-corrected chi connectivity index (χ0v) is 16.1. The van der Waals surface area contributed by atoms with Crippen LogP contribution < -0.4 is 4.74 Å². The second kappa shape index (κ2) is 8.44. The lowest BCUT2D eigenvalue weighted by molar-refractivity contribution is -0.132. The first-order valence-corrected chi connectivity index (χ1v) is 9.78. The lowest BCUT2D eigenvalue weighted by Crippen LogP contribution is -2.48. The number of benzene rings is 2. The number of para-hydroxylation sites is 1. The Hall–Kier alpha value is -2.86. The lowest BCUT2D eigenvalue weighted by Gasteiger charge is -2.34. The molecule has 0 saturated carbocycles. The summed E-state index contributed by atoms with van der Waals surface area (Å²) in [4.78, 5) is 17.0. The minimum Gasteiger partial charge on any atom is -0.494 e. The fraction of sp³-hybridized carbons (Fsp3) is 0.364. The van der Waals surface area contributed by atoms with E-state index in [1.54, 1.807) is 0 Å². The summed E-state index contributed by atoms with van der Waals surface area (Å²) in [7, 11) is 0. The molecule has 0 aliphatic carbocycles. The lowest BCUT2D eigenvalue weighted by atomic mass is 10.1. The van der Waals surface area contributed by atoms with Crippen molar-refractivity contribution in [2.24, 2.45) is 0 Å². The van der Waals surface area contributed by atoms with Crippen LogP contribution in [0.5, 0.6) is 5.75 Å². The molecular weight excluding hydrogens is 354 g/mol. The molecule has 28 heavy (non-hydrogen) atoms. The average Bonchev–Trinajstić information content (AvgIpc) is 3.13. The number of piperazine rings is 1. The Morgan fingerprint density at radius 2 is 1.82 bits per heavy atom. The molecule has 1 amide bonds. The largest absolute Gasteiger partial charge is 0.494 e. The van der Waals surface area contributed by atoms with Crippen molar-refractivity contribution in [1.29, 1.82) is 0 Å². The van der Waals surface area contributed by atoms with Crippen LogP contribution in [0.1, 0.15) is 18.2 Å². The summed E-state index contributed by atoms with van der Waals surface area (Å²) in [6.07, 6.45) is 0.288. The summed E-state index contributed by atoms with van der Waals surface area (Å²) in [5.74, 6) is 1.02. The van der Waals surface area contributed by atoms with Crippen molar-refractivity contribution < 1.29 is 14.1 Å². The third-order valence-corrected chi connectivity index (χ3v) is 5.14. The number of ether oxygens (including phenoxy) is 1. The maximum absolute atomic E-state index is 12.7. The van der Waals surface area contributed by atoms with Gasteiger partial charge < -0.3 is 14.2 Å². The van der Waals surface area contributed by atoms with Crippen LogP contribution in [0.25, 0.3) is 11.0 Å². The smallest absolute Gasteiger partial charge is 0.228 e. The van der Waals surface area contributed by atoms with Crippen molar-refractivity contribution in [3.8, 4) is 5.75 Å². The van der Waals surface area contributed by atoms with Crippen LogP contribution in [-0.2, 0) is 17.8 Å². The van der Waals surface area contributed by atoms with Gasteiger partial charge in [-0.05, 0) is 36.8 Å². The molecule has 0 unspecified atom stereocenters. The number of nitrogens with zero attached hydrogens (tertiary/aromatic N) is 3. The predicted molar refractivity (Wildman–Crippen MR) is 107 cm³/mol. The molecule has 1 aliphatic rings. The van der Waals surface area contributed by atoms with Crippen LogP contribution in [-0.4, -0.2) is 53.6 Å². The molecule has 2 heterocycles. The molecule has 1 saturated heterocycles. The molecule has 0 atom stereocenters. The van der Waals surface area contributed by atoms with Crippen molar-refractivity contribution >= 4 is 16.9 Å². The Balaban J connectivity index is 1.29. The first-order valence-electron chi connectivity index (χ1n) is 9.78. The number of carbonyl (C=O) groups is 1. The molecule has 0 spiro atoms. The molecule has 0 bridgehead atoms. The standard InChI is InChI=1S/C22H25N3O3/c1-2-27-18-9-7-17(8-10-18)16-24-11-13-25(14-12-24)22(26)15-20-19-5-3-4-6-21(19)28-23-20/h3-10H,2,11-16H2,1H3. The van der Waals surface area contributed by atoms with E-state index >= 15 is 0 Å². The van der Waals surface area contributed by atoms with E-state index in [0.29, 0.717) is 6.61 Å². The molecule has 6 heteroatoms. The quantitative estimate of drug-likeness (QED) is 0.659. The zero-order valence-electron chi connectivity index (χ0n) is 16.1. The number of fused-ring (bicyclic) bond motifs is 1. The summed E-state index contributed by atoms with van der Waals surface area (Å²) < 4.78 is 10.8. The monoisotopic (exact) mass is 379 g/mol. The van der Waals surface area contributed by atoms with Gasteiger partial charge in [0.25, 0.3) is 0 Å². The number of carbonyl (C=O) groups excluding carboxylic acids is 1. The molecule has 0 N–H and O–H groups in total. The number of amides is 1. The third kappa shape index (κ3) is 4.17. The summed E-state index contributed by atoms with van der Waals surface area (Å²) in [6.45, 7) is 6.79. The van der Waals surface area contributed by atoms with E-state index in [0.717, 1.165) is 55.1 Å². The van der Waals surface area contributed by atoms with Crippen LogP contribution in [0.3, 0.4) is 0 Å². The maximum atomic E-state index is 12.7. The van der Waals surface area contributed by atoms with Gasteiger partial charge in [0, 0.05) is 38.1 Å². The van der Waals surface area contributed by atoms with Crippen molar-refractivity contribution in [3.05, 3.63) is 59.8 Å². The first kappa shape index (κ1) is 18.5. The van der Waals surface area contributed by atoms with E-state index in [2.05, 4.69) is 22.2 Å². The SMILES string of the molecule is CCOc1ccc(CN2CCN(C(=O)Cc3noc4ccccc34)CC2)cc1. The Morgan fingerprint density at radius 3 is 2.57 bits per heavy atom. The molecule has 3 aromatic rings. The van der Waals surface area contributed by atoms with Crippen LogP contribution in [0.2, 0.25) is 0 Å². The highest BCUT2D eigenvalue weighted by molar-refractivity contribution is 5.86. The number of hydrogen-bond donors (Lipinski definition) is 0. The van der Waals surface area contributed by atoms with E-state index in [1.807, 2.05) is 48.2 Å². The van der Waals surface area contributed by atoms with Crippen LogP contribution in [0.4, 0.5) is 0 Å². The molecular formula is C22H25N3O3. The summed E-state index contributed by atoms with van der Waals surface area (Å²) in [5, 5.41) is 5.00. The third-order valence-electron chi connectivity index (χ3n) is 5.14. The Bertz CT molecular complexity index is 928. The Labute approximate surface area is 164 Å². The topological polar surface area (TPSA) is 58.8 Å². The Morgan fingerprint density at radius 1 is 1.07 bits per heavy atom. The van der Waals surface area contributed by atoms with E-state index in [4.69, 9.17) is 9.26 Å². The zero-order chi connectivity index (χ0) is 19.3. The van der Waals surface area contributed by atoms with Gasteiger partial charge in [0.2, 0.25) is 5.91 Å². The van der Waals surface area contributed by atoms with Crippen molar-refractivity contribution in [1.82, 2.24) is 15.0 Å². The molecule has 4 rings (SSSR count). The fourth-order valence-corrected chi connectivity index (χ4v) is 3.59. The van der Waals surface area contributed by atoms with Crippen molar-refractivity contribution in [3.63, 3.8) is 0 Å². The van der Waals surface area contributed by atoms with Gasteiger partial charge in [-0.1, -0.05) is 29.4 Å². The first-order chi connectivity index (χ1) is 13.7. The molecule has 1 aliphatic heterocycles. The van der Waals surface area contributed by atoms with Gasteiger partial charge in [0.1, 0.15) is 11.4 Å². The number of aromatic nitrogens is 1. The number of rotatable bonds is 6. The summed E-state index contributed by atoms with van der Waals surface area (Å²) in [6, 6.07) is 15.9. The molecule has 0 radical (unpaired) electrons. The van der Waals surface area contributed by atoms with Gasteiger partial charge >= 0.3 is 0 Å². The molecule has 1 fully saturated rings. The Kier molecular flexibility index (Phi) is 5.58. The second-order valence-corrected chi connectivity index (χ2v) is 7.04. The van der Waals surface area contributed by atoms with E-state index < -0.39 is 0 Å². The van der Waals surface area contributed by atoms with E-state index in [9.17, 15) is 4.79 Å². The second-order valence-electron chi connectivity index (χ2n) is 7.04. The highest BCUT2D eigenvalue weighted by Gasteiger charge is 2.23. The number of hydrogen-bond acceptors (Lipinski definition) is 5. The molecule has 146 valence electrons. The highest BCUT2D eigenvalue weighted by atomic mass is 16.5. The van der Waals surface area contributed by atoms with Gasteiger partial charge in [0.05, 0.1) is 13.0 Å². The van der Waals surface area contributed by atoms with E-state index in [1.165, 1.54) is 5.56 Å². The van der Waals surface area contributed by atoms with Gasteiger partial charge in [0.15, 0.2) is 5.58 Å². The summed E-state index contributed by atoms with van der Waals surface area (Å²) >= 11 is 0. The van der Waals surface area contributed by atoms with Gasteiger partial charge in [-0.25, -0.2) is 0 Å². The molecule has 2 aromatic carbocycles. The van der Waals surface area contributed by atoms with Crippen LogP contribution >= 0.6 is 0 Å². The normalized spacial score (nSPS) is 15.1. The predicted octanol–water partition coefficient (Wildman–Crippen LogP) is 3.11. The van der Waals surface area contributed by atoms with Crippen LogP contribution in [0.15, 0.2) is 53.1 Å². The highest BCUT2D eigenvalue weighted by Crippen LogP contribution is 2.19. The maximum Gasteiger partial charge on any atom is 0.228 e. The molecule has 6 nitrogen and oxygen atoms in total. The van der Waals surface area contributed by atoms with Crippen LogP contribution in [0, 0.1) is 0 Å². The minimum atomic E-state index is 0.111. The van der Waals surface area contributed by atoms with Gasteiger partial charge in [-0.3, -0.25) is 9.69 Å². The minimum absolute atomic E-state index is 0.111. The summed E-state index contributed by atoms with van der Waals surface area (Å²) in [5.41, 5.74) is 2.71. The van der Waals surface area contributed by atoms with Crippen molar-refractivity contribution in [2.75, 3.05) is 32.8 Å². The molecule has 1 aromatic heterocycles. The van der Waals surface area contributed by atoms with Gasteiger partial charge in [-0.2, -0.15) is 0 Å². The average molecular weight is 379 g/mol. The fourth-order valence-electron chi connectivity index (χ4n) is 3.59. The van der Waals surface area contributed by atoms with Gasteiger partial charge in [-0.15, -0.1) is 0 Å². The van der Waals surface area contributed by atoms with Crippen molar-refractivity contribution in [2.45, 2.75) is 19.9 Å².